The maximum Gasteiger partial charge on any atom is 0.329 e. The number of amides is 1. The van der Waals surface area contributed by atoms with E-state index in [0.29, 0.717) is 112 Å². The fourth-order valence-corrected chi connectivity index (χ4v) is 3.44. The molecule has 0 bridgehead atoms. The van der Waals surface area contributed by atoms with Crippen molar-refractivity contribution in [3.05, 3.63) is 0 Å². The van der Waals surface area contributed by atoms with Crippen LogP contribution in [0.1, 0.15) is 39.5 Å². The Morgan fingerprint density at radius 1 is 0.556 bits per heavy atom. The van der Waals surface area contributed by atoms with Crippen LogP contribution in [0.5, 0.6) is 0 Å². The first kappa shape index (κ1) is 43.0. The molecular weight excluding hydrogens is 598 g/mol. The Bertz CT molecular complexity index is 685. The van der Waals surface area contributed by atoms with Gasteiger partial charge in [0.25, 0.3) is 0 Å². The van der Waals surface area contributed by atoms with Crippen LogP contribution in [0.3, 0.4) is 0 Å². The first-order valence-corrected chi connectivity index (χ1v) is 15.9. The number of hydrogen-bond donors (Lipinski definition) is 2. The molecule has 0 radical (unpaired) electrons. The Labute approximate surface area is 267 Å². The first-order chi connectivity index (χ1) is 22.0. The zero-order valence-corrected chi connectivity index (χ0v) is 27.3. The van der Waals surface area contributed by atoms with Gasteiger partial charge >= 0.3 is 11.9 Å². The summed E-state index contributed by atoms with van der Waals surface area (Å²) in [5.41, 5.74) is 0. The van der Waals surface area contributed by atoms with Gasteiger partial charge in [-0.15, -0.1) is 0 Å². The molecule has 0 spiro atoms. The third-order valence-electron chi connectivity index (χ3n) is 5.84. The number of aliphatic carboxylic acids is 1. The topological polar surface area (TPSA) is 176 Å². The van der Waals surface area contributed by atoms with Crippen molar-refractivity contribution in [1.29, 1.82) is 0 Å². The van der Waals surface area contributed by atoms with Gasteiger partial charge in [-0.2, -0.15) is 0 Å². The molecule has 15 nitrogen and oxygen atoms in total. The van der Waals surface area contributed by atoms with E-state index in [4.69, 9.17) is 47.7 Å². The quantitative estimate of drug-likeness (QED) is 0.0725. The number of esters is 1. The molecule has 0 aromatic rings. The van der Waals surface area contributed by atoms with Crippen LogP contribution in [0.15, 0.2) is 0 Å². The van der Waals surface area contributed by atoms with Crippen molar-refractivity contribution < 1.29 is 66.9 Å². The van der Waals surface area contributed by atoms with Gasteiger partial charge in [-0.1, -0.05) is 26.7 Å². The van der Waals surface area contributed by atoms with Crippen LogP contribution >= 0.6 is 0 Å². The third kappa shape index (κ3) is 33.2. The molecule has 0 saturated carbocycles. The minimum Gasteiger partial charge on any atom is -0.480 e. The molecule has 15 heteroatoms. The average Bonchev–Trinajstić information content (AvgIpc) is 3.02. The molecule has 0 saturated heterocycles. The largest absolute Gasteiger partial charge is 0.480 e. The van der Waals surface area contributed by atoms with Crippen molar-refractivity contribution in [1.82, 2.24) is 5.32 Å². The van der Waals surface area contributed by atoms with Crippen LogP contribution < -0.4 is 5.32 Å². The monoisotopic (exact) mass is 655 g/mol. The lowest BCUT2D eigenvalue weighted by molar-refractivity contribution is -0.150. The van der Waals surface area contributed by atoms with E-state index in [9.17, 15) is 14.4 Å². The van der Waals surface area contributed by atoms with Crippen molar-refractivity contribution in [2.75, 3.05) is 132 Å². The van der Waals surface area contributed by atoms with Gasteiger partial charge in [0.2, 0.25) is 5.91 Å². The van der Waals surface area contributed by atoms with E-state index >= 15 is 0 Å². The summed E-state index contributed by atoms with van der Waals surface area (Å²) in [4.78, 5) is 33.6. The Hall–Kier alpha value is -1.95. The lowest BCUT2D eigenvalue weighted by Gasteiger charge is -2.13. The molecule has 1 atom stereocenters. The van der Waals surface area contributed by atoms with E-state index in [1.54, 1.807) is 0 Å². The summed E-state index contributed by atoms with van der Waals surface area (Å²) >= 11 is 0. The Kier molecular flexibility index (Phi) is 33.4. The summed E-state index contributed by atoms with van der Waals surface area (Å²) in [5, 5.41) is 11.0. The standard InChI is InChI=1S/C30H57NO14/c1-3-5-6-27(4-2)30(35)45-24-23-43-22-21-42-20-19-41-18-17-40-16-15-39-14-13-38-12-11-37-10-9-36-8-7-31-28(32)25-44-26-29(33)34/h27H,3-26H2,1-2H3,(H,31,32)(H,33,34). The predicted molar refractivity (Wildman–Crippen MR) is 162 cm³/mol. The zero-order valence-electron chi connectivity index (χ0n) is 27.3. The van der Waals surface area contributed by atoms with E-state index in [-0.39, 0.29) is 25.1 Å². The minimum absolute atomic E-state index is 0.0127. The molecule has 0 aliphatic heterocycles. The lowest BCUT2D eigenvalue weighted by atomic mass is 10.00. The zero-order chi connectivity index (χ0) is 33.1. The second-order valence-electron chi connectivity index (χ2n) is 9.55. The molecule has 0 aliphatic rings. The van der Waals surface area contributed by atoms with Crippen LogP contribution in [-0.4, -0.2) is 155 Å². The van der Waals surface area contributed by atoms with E-state index in [1.807, 2.05) is 6.92 Å². The SMILES string of the molecule is CCCCC(CC)C(=O)OCCOCCOCCOCCOCCOCCOCCOCCOCCNC(=O)COCC(=O)O. The van der Waals surface area contributed by atoms with Crippen LogP contribution in [0.4, 0.5) is 0 Å². The first-order valence-electron chi connectivity index (χ1n) is 15.9. The maximum absolute atomic E-state index is 12.0. The molecule has 1 unspecified atom stereocenters. The number of rotatable bonds is 36. The number of ether oxygens (including phenoxy) is 10. The van der Waals surface area contributed by atoms with Gasteiger partial charge in [-0.25, -0.2) is 4.79 Å². The maximum atomic E-state index is 12.0. The molecular formula is C30H57NO14. The van der Waals surface area contributed by atoms with Crippen LogP contribution in [-0.2, 0) is 61.8 Å². The molecule has 0 heterocycles. The molecule has 0 aromatic heterocycles. The number of carbonyl (C=O) groups is 3. The average molecular weight is 656 g/mol. The van der Waals surface area contributed by atoms with Crippen LogP contribution in [0.25, 0.3) is 0 Å². The Morgan fingerprint density at radius 3 is 1.33 bits per heavy atom. The van der Waals surface area contributed by atoms with Gasteiger partial charge in [0.1, 0.15) is 19.8 Å². The predicted octanol–water partition coefficient (Wildman–Crippen LogP) is 1.10. The molecule has 0 aliphatic carbocycles. The Balaban J connectivity index is 3.20. The number of nitrogens with one attached hydrogen (secondary N) is 1. The summed E-state index contributed by atoms with van der Waals surface area (Å²) in [6.07, 6.45) is 3.80. The fraction of sp³-hybridized carbons (Fsp3) is 0.900. The van der Waals surface area contributed by atoms with Crippen LogP contribution in [0.2, 0.25) is 0 Å². The lowest BCUT2D eigenvalue weighted by Crippen LogP contribution is -2.31. The number of hydrogen-bond acceptors (Lipinski definition) is 13. The van der Waals surface area contributed by atoms with Crippen molar-refractivity contribution in [2.45, 2.75) is 39.5 Å². The smallest absolute Gasteiger partial charge is 0.329 e. The number of unbranched alkanes of at least 4 members (excludes halogenated alkanes) is 1. The molecule has 0 aromatic carbocycles. The Morgan fingerprint density at radius 2 is 0.956 bits per heavy atom. The van der Waals surface area contributed by atoms with Crippen LogP contribution in [0, 0.1) is 5.92 Å². The molecule has 266 valence electrons. The number of carbonyl (C=O) groups excluding carboxylic acids is 2. The van der Waals surface area contributed by atoms with Crippen molar-refractivity contribution in [3.63, 3.8) is 0 Å². The van der Waals surface area contributed by atoms with Crippen molar-refractivity contribution in [2.24, 2.45) is 5.92 Å². The van der Waals surface area contributed by atoms with E-state index < -0.39 is 18.5 Å². The number of carboxylic acids is 1. The van der Waals surface area contributed by atoms with E-state index in [2.05, 4.69) is 17.0 Å². The third-order valence-corrected chi connectivity index (χ3v) is 5.84. The summed E-state index contributed by atoms with van der Waals surface area (Å²) in [6.45, 7) is 10.8. The highest BCUT2D eigenvalue weighted by Gasteiger charge is 2.16. The van der Waals surface area contributed by atoms with Gasteiger partial charge in [0.05, 0.1) is 112 Å². The normalized spacial score (nSPS) is 11.9. The van der Waals surface area contributed by atoms with Gasteiger partial charge in [0, 0.05) is 6.54 Å². The molecule has 0 rings (SSSR count). The highest BCUT2D eigenvalue weighted by molar-refractivity contribution is 5.77. The van der Waals surface area contributed by atoms with Gasteiger partial charge < -0.3 is 57.8 Å². The second kappa shape index (κ2) is 34.9. The van der Waals surface area contributed by atoms with Gasteiger partial charge in [0.15, 0.2) is 0 Å². The van der Waals surface area contributed by atoms with E-state index in [0.717, 1.165) is 25.7 Å². The molecule has 0 fully saturated rings. The summed E-state index contributed by atoms with van der Waals surface area (Å²) in [6, 6.07) is 0. The summed E-state index contributed by atoms with van der Waals surface area (Å²) < 4.78 is 53.3. The minimum atomic E-state index is -1.12. The second-order valence-corrected chi connectivity index (χ2v) is 9.55. The fourth-order valence-electron chi connectivity index (χ4n) is 3.44. The summed E-state index contributed by atoms with van der Waals surface area (Å²) in [5.74, 6) is -1.67. The molecule has 45 heavy (non-hydrogen) atoms. The summed E-state index contributed by atoms with van der Waals surface area (Å²) in [7, 11) is 0. The number of carboxylic acid groups (broad SMARTS) is 1. The highest BCUT2D eigenvalue weighted by atomic mass is 16.6. The van der Waals surface area contributed by atoms with Crippen molar-refractivity contribution in [3.8, 4) is 0 Å². The molecule has 1 amide bonds. The molecule has 2 N–H and O–H groups in total. The van der Waals surface area contributed by atoms with E-state index in [1.165, 1.54) is 0 Å². The van der Waals surface area contributed by atoms with Gasteiger partial charge in [-0.3, -0.25) is 9.59 Å². The van der Waals surface area contributed by atoms with Gasteiger partial charge in [-0.05, 0) is 12.8 Å². The van der Waals surface area contributed by atoms with Crippen molar-refractivity contribution >= 4 is 17.8 Å². The highest BCUT2D eigenvalue weighted by Crippen LogP contribution is 2.14.